The first-order valence-corrected chi connectivity index (χ1v) is 7.01. The zero-order chi connectivity index (χ0) is 18.9. The number of hydrogen-bond acceptors (Lipinski definition) is 2. The van der Waals surface area contributed by atoms with E-state index >= 15 is 0 Å². The molecule has 0 aliphatic heterocycles. The van der Waals surface area contributed by atoms with Gasteiger partial charge in [0, 0.05) is 17.5 Å². The highest BCUT2D eigenvalue weighted by Crippen LogP contribution is 2.45. The van der Waals surface area contributed by atoms with E-state index in [4.69, 9.17) is 0 Å². The number of aliphatic hydroxyl groups is 1. The van der Waals surface area contributed by atoms with Gasteiger partial charge in [-0.1, -0.05) is 54.6 Å². The maximum absolute atomic E-state index is 12.9. The van der Waals surface area contributed by atoms with E-state index in [0.717, 1.165) is 12.1 Å². The number of hydrogen-bond donors (Lipinski definition) is 1. The average molecular weight is 362 g/mol. The van der Waals surface area contributed by atoms with Crippen molar-refractivity contribution in [3.63, 3.8) is 0 Å². The molecule has 0 saturated heterocycles. The SMILES string of the molecule is O=C(c1ccccc1)c1ccccc1CC(O)(C(F)(F)F)C(F)(F)F. The van der Waals surface area contributed by atoms with E-state index in [0.29, 0.717) is 0 Å². The number of rotatable bonds is 4. The Labute approximate surface area is 138 Å². The van der Waals surface area contributed by atoms with Gasteiger partial charge in [0.15, 0.2) is 5.78 Å². The van der Waals surface area contributed by atoms with Crippen molar-refractivity contribution < 1.29 is 36.2 Å². The molecule has 0 bridgehead atoms. The molecule has 0 saturated carbocycles. The smallest absolute Gasteiger partial charge is 0.373 e. The first kappa shape index (κ1) is 19.0. The fourth-order valence-electron chi connectivity index (χ4n) is 2.28. The van der Waals surface area contributed by atoms with Gasteiger partial charge in [-0.05, 0) is 5.56 Å². The minimum absolute atomic E-state index is 0.109. The van der Waals surface area contributed by atoms with Crippen LogP contribution in [0.1, 0.15) is 21.5 Å². The summed E-state index contributed by atoms with van der Waals surface area (Å²) in [6.07, 6.45) is -13.7. The van der Waals surface area contributed by atoms with E-state index in [1.165, 1.54) is 36.4 Å². The third-order valence-corrected chi connectivity index (χ3v) is 3.68. The summed E-state index contributed by atoms with van der Waals surface area (Å²) in [7, 11) is 0. The molecule has 0 atom stereocenters. The summed E-state index contributed by atoms with van der Waals surface area (Å²) in [6.45, 7) is 0. The molecule has 2 aromatic rings. The Morgan fingerprint density at radius 2 is 1.28 bits per heavy atom. The molecule has 25 heavy (non-hydrogen) atoms. The van der Waals surface area contributed by atoms with Crippen LogP contribution in [0, 0.1) is 0 Å². The molecule has 0 amide bonds. The lowest BCUT2D eigenvalue weighted by Crippen LogP contribution is -2.58. The fraction of sp³-hybridized carbons (Fsp3) is 0.235. The normalized spacial score (nSPS) is 12.9. The minimum atomic E-state index is -5.95. The maximum atomic E-state index is 12.9. The highest BCUT2D eigenvalue weighted by atomic mass is 19.4. The highest BCUT2D eigenvalue weighted by molar-refractivity contribution is 6.09. The van der Waals surface area contributed by atoms with E-state index in [1.807, 2.05) is 0 Å². The lowest BCUT2D eigenvalue weighted by molar-refractivity contribution is -0.367. The second kappa shape index (κ2) is 6.51. The van der Waals surface area contributed by atoms with Crippen molar-refractivity contribution in [2.45, 2.75) is 24.4 Å². The molecule has 0 aliphatic rings. The van der Waals surface area contributed by atoms with Crippen molar-refractivity contribution in [1.82, 2.24) is 0 Å². The molecule has 8 heteroatoms. The Hall–Kier alpha value is -2.35. The molecule has 2 nitrogen and oxygen atoms in total. The number of carbonyl (C=O) groups is 1. The summed E-state index contributed by atoms with van der Waals surface area (Å²) >= 11 is 0. The van der Waals surface area contributed by atoms with Crippen LogP contribution in [0.5, 0.6) is 0 Å². The van der Waals surface area contributed by atoms with Crippen molar-refractivity contribution in [1.29, 1.82) is 0 Å². The monoisotopic (exact) mass is 362 g/mol. The van der Waals surface area contributed by atoms with Crippen molar-refractivity contribution in [2.75, 3.05) is 0 Å². The van der Waals surface area contributed by atoms with Crippen molar-refractivity contribution in [3.05, 3.63) is 71.3 Å². The van der Waals surface area contributed by atoms with Gasteiger partial charge >= 0.3 is 12.4 Å². The number of benzene rings is 2. The molecule has 1 N–H and O–H groups in total. The summed E-state index contributed by atoms with van der Waals surface area (Å²) < 4.78 is 77.3. The van der Waals surface area contributed by atoms with Crippen LogP contribution in [0.15, 0.2) is 54.6 Å². The van der Waals surface area contributed by atoms with E-state index in [9.17, 15) is 36.2 Å². The Morgan fingerprint density at radius 1 is 0.800 bits per heavy atom. The fourth-order valence-corrected chi connectivity index (χ4v) is 2.28. The Balaban J connectivity index is 2.49. The molecule has 134 valence electrons. The number of alkyl halides is 6. The second-order valence-corrected chi connectivity index (χ2v) is 5.38. The number of ketones is 1. The Morgan fingerprint density at radius 3 is 1.80 bits per heavy atom. The van der Waals surface area contributed by atoms with Crippen LogP contribution < -0.4 is 0 Å². The lowest BCUT2D eigenvalue weighted by Gasteiger charge is -2.32. The van der Waals surface area contributed by atoms with Gasteiger partial charge in [-0.3, -0.25) is 4.79 Å². The van der Waals surface area contributed by atoms with Gasteiger partial charge < -0.3 is 5.11 Å². The van der Waals surface area contributed by atoms with Crippen LogP contribution in [0.25, 0.3) is 0 Å². The third kappa shape index (κ3) is 3.68. The molecule has 2 aromatic carbocycles. The predicted octanol–water partition coefficient (Wildman–Crippen LogP) is 4.32. The van der Waals surface area contributed by atoms with E-state index in [2.05, 4.69) is 0 Å². The third-order valence-electron chi connectivity index (χ3n) is 3.68. The summed E-state index contributed by atoms with van der Waals surface area (Å²) in [6, 6.07) is 12.0. The minimum Gasteiger partial charge on any atom is -0.373 e. The number of halogens is 6. The average Bonchev–Trinajstić information content (AvgIpc) is 2.53. The van der Waals surface area contributed by atoms with Crippen molar-refractivity contribution in [2.24, 2.45) is 0 Å². The van der Waals surface area contributed by atoms with E-state index in [-0.39, 0.29) is 11.1 Å². The molecule has 0 spiro atoms. The zero-order valence-corrected chi connectivity index (χ0v) is 12.5. The first-order chi connectivity index (χ1) is 11.5. The summed E-state index contributed by atoms with van der Waals surface area (Å²) in [5.41, 5.74) is -5.72. The predicted molar refractivity (Wildman–Crippen MR) is 77.1 cm³/mol. The molecule has 0 fully saturated rings. The van der Waals surface area contributed by atoms with E-state index < -0.39 is 35.7 Å². The van der Waals surface area contributed by atoms with Gasteiger partial charge in [-0.25, -0.2) is 0 Å². The van der Waals surface area contributed by atoms with Gasteiger partial charge in [-0.15, -0.1) is 0 Å². The van der Waals surface area contributed by atoms with Gasteiger partial charge in [0.2, 0.25) is 0 Å². The molecule has 0 heterocycles. The topological polar surface area (TPSA) is 37.3 Å². The molecule has 0 unspecified atom stereocenters. The molecule has 2 rings (SSSR count). The first-order valence-electron chi connectivity index (χ1n) is 7.01. The Kier molecular flexibility index (Phi) is 4.94. The van der Waals surface area contributed by atoms with Crippen LogP contribution in [-0.4, -0.2) is 28.8 Å². The largest absolute Gasteiger partial charge is 0.426 e. The maximum Gasteiger partial charge on any atom is 0.426 e. The summed E-state index contributed by atoms with van der Waals surface area (Å²) in [5, 5.41) is 9.35. The second-order valence-electron chi connectivity index (χ2n) is 5.38. The van der Waals surface area contributed by atoms with Crippen LogP contribution in [-0.2, 0) is 6.42 Å². The van der Waals surface area contributed by atoms with Gasteiger partial charge in [0.05, 0.1) is 0 Å². The molecule has 0 aromatic heterocycles. The van der Waals surface area contributed by atoms with Gasteiger partial charge in [-0.2, -0.15) is 26.3 Å². The quantitative estimate of drug-likeness (QED) is 0.650. The van der Waals surface area contributed by atoms with Crippen LogP contribution in [0.3, 0.4) is 0 Å². The summed E-state index contributed by atoms with van der Waals surface area (Å²) in [5.74, 6) is -0.733. The van der Waals surface area contributed by atoms with Gasteiger partial charge in [0.1, 0.15) is 0 Å². The number of carbonyl (C=O) groups excluding carboxylic acids is 1. The standard InChI is InChI=1S/C17H12F6O2/c18-16(19,20)15(25,17(21,22)23)10-12-8-4-5-9-13(12)14(24)11-6-2-1-3-7-11/h1-9,25H,10H2. The highest BCUT2D eigenvalue weighted by Gasteiger charge is 2.70. The van der Waals surface area contributed by atoms with Crippen LogP contribution in [0.4, 0.5) is 26.3 Å². The van der Waals surface area contributed by atoms with Crippen LogP contribution in [0.2, 0.25) is 0 Å². The molecular formula is C17H12F6O2. The summed E-state index contributed by atoms with van der Waals surface area (Å²) in [4.78, 5) is 12.4. The Bertz CT molecular complexity index is 736. The van der Waals surface area contributed by atoms with Crippen molar-refractivity contribution in [3.8, 4) is 0 Å². The van der Waals surface area contributed by atoms with Gasteiger partial charge in [0.25, 0.3) is 5.60 Å². The molecule has 0 aliphatic carbocycles. The van der Waals surface area contributed by atoms with Crippen LogP contribution >= 0.6 is 0 Å². The van der Waals surface area contributed by atoms with E-state index in [1.54, 1.807) is 6.07 Å². The zero-order valence-electron chi connectivity index (χ0n) is 12.5. The van der Waals surface area contributed by atoms with Crippen molar-refractivity contribution >= 4 is 5.78 Å². The molecule has 0 radical (unpaired) electrons. The molecular weight excluding hydrogens is 350 g/mol. The lowest BCUT2D eigenvalue weighted by atomic mass is 9.88.